The fourth-order valence-electron chi connectivity index (χ4n) is 3.31. The van der Waals surface area contributed by atoms with Gasteiger partial charge in [-0.1, -0.05) is 57.5 Å². The van der Waals surface area contributed by atoms with Crippen LogP contribution in [0.25, 0.3) is 0 Å². The predicted molar refractivity (Wildman–Crippen MR) is 123 cm³/mol. The van der Waals surface area contributed by atoms with E-state index in [0.717, 1.165) is 6.42 Å². The van der Waals surface area contributed by atoms with Crippen molar-refractivity contribution in [3.63, 3.8) is 0 Å². The summed E-state index contributed by atoms with van der Waals surface area (Å²) < 4.78 is 25.9. The molecular weight excluding hydrogens is 448 g/mol. The van der Waals surface area contributed by atoms with Crippen LogP contribution in [0.5, 0.6) is 0 Å². The molecule has 0 saturated heterocycles. The summed E-state index contributed by atoms with van der Waals surface area (Å²) in [7, 11) is 0. The van der Waals surface area contributed by atoms with Crippen molar-refractivity contribution < 1.29 is 33.1 Å². The zero-order valence-corrected chi connectivity index (χ0v) is 20.0. The van der Waals surface area contributed by atoms with Crippen molar-refractivity contribution in [2.45, 2.75) is 84.0 Å². The number of amides is 2. The molecule has 0 fully saturated rings. The highest BCUT2D eigenvalue weighted by Crippen LogP contribution is 2.12. The van der Waals surface area contributed by atoms with E-state index in [1.807, 2.05) is 27.7 Å². The van der Waals surface area contributed by atoms with Crippen molar-refractivity contribution >= 4 is 23.6 Å². The maximum absolute atomic E-state index is 13.2. The molecule has 10 heteroatoms. The number of hydrogen-bond donors (Lipinski definition) is 4. The lowest BCUT2D eigenvalue weighted by molar-refractivity contribution is -0.151. The van der Waals surface area contributed by atoms with E-state index in [-0.39, 0.29) is 18.4 Å². The number of carboxylic acid groups (broad SMARTS) is 1. The van der Waals surface area contributed by atoms with Crippen molar-refractivity contribution in [2.75, 3.05) is 0 Å². The number of rotatable bonds is 15. The summed E-state index contributed by atoms with van der Waals surface area (Å²) in [5.41, 5.74) is 0.688. The first kappa shape index (κ1) is 29.2. The van der Waals surface area contributed by atoms with E-state index in [1.54, 1.807) is 30.3 Å². The summed E-state index contributed by atoms with van der Waals surface area (Å²) in [5.74, 6) is -4.89. The standard InChI is InChI=1S/C24H35F2N3O5/c1-5-14(3)20(27-15(4)6-2)23(32)29-18(12-16-10-8-7-9-11-16)22(31)28-17(13-19(25)26)21(30)24(33)34/h7-11,14-15,17-20,27H,5-6,12-13H2,1-4H3,(H,28,31)(H,29,32)(H,33,34)/t14?,15?,17?,18-,20-/m0/s1. The SMILES string of the molecule is CCC(C)N[C@H](C(=O)N[C@@H](Cc1ccccc1)C(=O)NC(CC(F)F)C(=O)C(=O)O)C(C)CC. The fraction of sp³-hybridized carbons (Fsp3) is 0.583. The molecule has 1 aromatic rings. The summed E-state index contributed by atoms with van der Waals surface area (Å²) in [6, 6.07) is 5.03. The van der Waals surface area contributed by atoms with Gasteiger partial charge in [0, 0.05) is 18.9 Å². The van der Waals surface area contributed by atoms with Gasteiger partial charge in [-0.25, -0.2) is 13.6 Å². The number of hydrogen-bond acceptors (Lipinski definition) is 5. The van der Waals surface area contributed by atoms with Crippen molar-refractivity contribution in [3.05, 3.63) is 35.9 Å². The van der Waals surface area contributed by atoms with Crippen molar-refractivity contribution in [1.29, 1.82) is 0 Å². The van der Waals surface area contributed by atoms with Gasteiger partial charge in [-0.3, -0.25) is 14.4 Å². The third-order valence-electron chi connectivity index (χ3n) is 5.75. The first-order valence-corrected chi connectivity index (χ1v) is 11.5. The third-order valence-corrected chi connectivity index (χ3v) is 5.75. The van der Waals surface area contributed by atoms with Crippen LogP contribution in [0.2, 0.25) is 0 Å². The van der Waals surface area contributed by atoms with E-state index in [4.69, 9.17) is 5.11 Å². The Labute approximate surface area is 198 Å². The molecule has 4 N–H and O–H groups in total. The van der Waals surface area contributed by atoms with Crippen LogP contribution < -0.4 is 16.0 Å². The Bertz CT molecular complexity index is 822. The Balaban J connectivity index is 3.17. The quantitative estimate of drug-likeness (QED) is 0.284. The monoisotopic (exact) mass is 483 g/mol. The van der Waals surface area contributed by atoms with E-state index in [1.165, 1.54) is 0 Å². The van der Waals surface area contributed by atoms with E-state index >= 15 is 0 Å². The van der Waals surface area contributed by atoms with Gasteiger partial charge in [0.25, 0.3) is 5.78 Å². The number of carbonyl (C=O) groups excluding carboxylic acids is 3. The highest BCUT2D eigenvalue weighted by atomic mass is 19.3. The summed E-state index contributed by atoms with van der Waals surface area (Å²) in [6.07, 6.45) is -2.65. The molecule has 0 saturated carbocycles. The smallest absolute Gasteiger partial charge is 0.374 e. The molecule has 190 valence electrons. The Hall–Kier alpha value is -2.88. The van der Waals surface area contributed by atoms with E-state index in [9.17, 15) is 28.0 Å². The Kier molecular flexibility index (Phi) is 12.3. The number of alkyl halides is 2. The number of benzene rings is 1. The second kappa shape index (κ2) is 14.4. The summed E-state index contributed by atoms with van der Waals surface area (Å²) in [5, 5.41) is 17.0. The Morgan fingerprint density at radius 2 is 1.50 bits per heavy atom. The topological polar surface area (TPSA) is 125 Å². The molecule has 1 aromatic carbocycles. The normalized spacial score (nSPS) is 15.6. The average molecular weight is 484 g/mol. The largest absolute Gasteiger partial charge is 0.475 e. The zero-order chi connectivity index (χ0) is 25.8. The molecule has 34 heavy (non-hydrogen) atoms. The van der Waals surface area contributed by atoms with Gasteiger partial charge in [-0.05, 0) is 24.8 Å². The lowest BCUT2D eigenvalue weighted by atomic mass is 9.96. The molecule has 0 spiro atoms. The van der Waals surface area contributed by atoms with E-state index < -0.39 is 54.5 Å². The molecule has 0 radical (unpaired) electrons. The molecule has 0 aliphatic heterocycles. The van der Waals surface area contributed by atoms with Gasteiger partial charge < -0.3 is 21.1 Å². The van der Waals surface area contributed by atoms with Crippen molar-refractivity contribution in [1.82, 2.24) is 16.0 Å². The van der Waals surface area contributed by atoms with Gasteiger partial charge in [0.15, 0.2) is 0 Å². The Morgan fingerprint density at radius 3 is 2.00 bits per heavy atom. The molecule has 2 amide bonds. The number of nitrogens with one attached hydrogen (secondary N) is 3. The summed E-state index contributed by atoms with van der Waals surface area (Å²) >= 11 is 0. The summed E-state index contributed by atoms with van der Waals surface area (Å²) in [6.45, 7) is 7.74. The number of carbonyl (C=O) groups is 4. The molecular formula is C24H35F2N3O5. The molecule has 0 bridgehead atoms. The molecule has 0 aliphatic rings. The van der Waals surface area contributed by atoms with Crippen LogP contribution in [0.15, 0.2) is 30.3 Å². The minimum absolute atomic E-state index is 0.0254. The molecule has 0 aromatic heterocycles. The fourth-order valence-corrected chi connectivity index (χ4v) is 3.31. The number of carboxylic acids is 1. The van der Waals surface area contributed by atoms with Gasteiger partial charge in [0.1, 0.15) is 12.1 Å². The minimum Gasteiger partial charge on any atom is -0.475 e. The van der Waals surface area contributed by atoms with Crippen LogP contribution in [0.1, 0.15) is 52.5 Å². The molecule has 0 heterocycles. The molecule has 5 atom stereocenters. The number of ketones is 1. The van der Waals surface area contributed by atoms with Crippen LogP contribution in [0.4, 0.5) is 8.78 Å². The zero-order valence-electron chi connectivity index (χ0n) is 20.0. The minimum atomic E-state index is -3.01. The van der Waals surface area contributed by atoms with Gasteiger partial charge in [-0.2, -0.15) is 0 Å². The van der Waals surface area contributed by atoms with Crippen LogP contribution in [-0.4, -0.2) is 59.3 Å². The molecule has 8 nitrogen and oxygen atoms in total. The summed E-state index contributed by atoms with van der Waals surface area (Å²) in [4.78, 5) is 49.1. The first-order chi connectivity index (χ1) is 16.0. The van der Waals surface area contributed by atoms with Gasteiger partial charge in [0.2, 0.25) is 18.2 Å². The van der Waals surface area contributed by atoms with Gasteiger partial charge in [0.05, 0.1) is 6.04 Å². The highest BCUT2D eigenvalue weighted by molar-refractivity contribution is 6.35. The average Bonchev–Trinajstić information content (AvgIpc) is 2.80. The maximum atomic E-state index is 13.2. The van der Waals surface area contributed by atoms with Crippen molar-refractivity contribution in [2.24, 2.45) is 5.92 Å². The first-order valence-electron chi connectivity index (χ1n) is 11.5. The van der Waals surface area contributed by atoms with Gasteiger partial charge in [-0.15, -0.1) is 0 Å². The molecule has 1 rings (SSSR count). The third kappa shape index (κ3) is 9.54. The predicted octanol–water partition coefficient (Wildman–Crippen LogP) is 2.31. The van der Waals surface area contributed by atoms with Crippen LogP contribution in [0.3, 0.4) is 0 Å². The lowest BCUT2D eigenvalue weighted by Crippen LogP contribution is -2.58. The number of Topliss-reactive ketones (excluding diaryl/α,β-unsaturated/α-hetero) is 1. The number of halogens is 2. The lowest BCUT2D eigenvalue weighted by Gasteiger charge is -2.29. The second-order valence-corrected chi connectivity index (χ2v) is 8.45. The molecule has 0 aliphatic carbocycles. The van der Waals surface area contributed by atoms with Gasteiger partial charge >= 0.3 is 5.97 Å². The maximum Gasteiger partial charge on any atom is 0.374 e. The van der Waals surface area contributed by atoms with Crippen molar-refractivity contribution in [3.8, 4) is 0 Å². The second-order valence-electron chi connectivity index (χ2n) is 8.45. The Morgan fingerprint density at radius 1 is 0.912 bits per heavy atom. The van der Waals surface area contributed by atoms with Crippen LogP contribution in [0, 0.1) is 5.92 Å². The molecule has 3 unspecified atom stereocenters. The van der Waals surface area contributed by atoms with E-state index in [2.05, 4.69) is 16.0 Å². The van der Waals surface area contributed by atoms with Crippen LogP contribution in [-0.2, 0) is 25.6 Å². The number of aliphatic carboxylic acids is 1. The van der Waals surface area contributed by atoms with Crippen LogP contribution >= 0.6 is 0 Å². The highest BCUT2D eigenvalue weighted by Gasteiger charge is 2.34. The van der Waals surface area contributed by atoms with E-state index in [0.29, 0.717) is 12.0 Å².